The second-order valence-electron chi connectivity index (χ2n) is 6.57. The van der Waals surface area contributed by atoms with E-state index in [4.69, 9.17) is 0 Å². The van der Waals surface area contributed by atoms with Crippen LogP contribution in [0.3, 0.4) is 0 Å². The fraction of sp³-hybridized carbons (Fsp3) is 0.933. The van der Waals surface area contributed by atoms with Crippen LogP contribution in [0.25, 0.3) is 0 Å². The van der Waals surface area contributed by atoms with Gasteiger partial charge < -0.3 is 15.5 Å². The van der Waals surface area contributed by atoms with Crippen LogP contribution in [0.2, 0.25) is 0 Å². The highest BCUT2D eigenvalue weighted by atomic mass is 16.2. The first-order valence-electron chi connectivity index (χ1n) is 8.10. The Hall–Kier alpha value is -0.770. The Labute approximate surface area is 116 Å². The molecule has 1 unspecified atom stereocenters. The molecule has 4 nitrogen and oxygen atoms in total. The molecule has 0 aromatic carbocycles. The Kier molecular flexibility index (Phi) is 4.26. The van der Waals surface area contributed by atoms with Gasteiger partial charge in [0.1, 0.15) is 0 Å². The molecule has 0 bridgehead atoms. The van der Waals surface area contributed by atoms with Crippen molar-refractivity contribution in [3.63, 3.8) is 0 Å². The molecule has 3 aliphatic rings. The fourth-order valence-electron chi connectivity index (χ4n) is 3.37. The van der Waals surface area contributed by atoms with Crippen LogP contribution in [-0.4, -0.2) is 42.6 Å². The lowest BCUT2D eigenvalue weighted by atomic mass is 10.2. The molecule has 1 saturated heterocycles. The number of nitrogens with one attached hydrogen (secondary N) is 2. The van der Waals surface area contributed by atoms with Crippen LogP contribution in [-0.2, 0) is 0 Å². The van der Waals surface area contributed by atoms with E-state index in [-0.39, 0.29) is 6.03 Å². The average Bonchev–Trinajstić information content (AvgIpc) is 2.88. The predicted molar refractivity (Wildman–Crippen MR) is 76.1 cm³/mol. The maximum Gasteiger partial charge on any atom is 0.317 e. The Morgan fingerprint density at radius 1 is 1.05 bits per heavy atom. The number of hydrogen-bond donors (Lipinski definition) is 2. The van der Waals surface area contributed by atoms with Crippen LogP contribution in [0, 0.1) is 5.92 Å². The molecule has 0 aromatic rings. The van der Waals surface area contributed by atoms with Crippen LogP contribution in [0.15, 0.2) is 0 Å². The lowest BCUT2D eigenvalue weighted by Crippen LogP contribution is -2.49. The van der Waals surface area contributed by atoms with Crippen molar-refractivity contribution in [3.05, 3.63) is 0 Å². The molecule has 2 aliphatic carbocycles. The molecule has 3 rings (SSSR count). The highest BCUT2D eigenvalue weighted by Crippen LogP contribution is 2.30. The van der Waals surface area contributed by atoms with Gasteiger partial charge in [-0.1, -0.05) is 12.8 Å². The van der Waals surface area contributed by atoms with Crippen LogP contribution in [0.4, 0.5) is 4.79 Å². The topological polar surface area (TPSA) is 44.4 Å². The summed E-state index contributed by atoms with van der Waals surface area (Å²) in [5.74, 6) is 0.774. The number of hydrogen-bond acceptors (Lipinski definition) is 2. The molecule has 0 radical (unpaired) electrons. The van der Waals surface area contributed by atoms with Gasteiger partial charge in [-0.2, -0.15) is 0 Å². The Morgan fingerprint density at radius 3 is 2.47 bits per heavy atom. The minimum atomic E-state index is 0.187. The first-order valence-corrected chi connectivity index (χ1v) is 8.10. The lowest BCUT2D eigenvalue weighted by Gasteiger charge is -2.27. The normalized spacial score (nSPS) is 27.7. The van der Waals surface area contributed by atoms with E-state index in [1.807, 2.05) is 0 Å². The van der Waals surface area contributed by atoms with Crippen LogP contribution >= 0.6 is 0 Å². The number of carbonyl (C=O) groups excluding carboxylic acids is 1. The smallest absolute Gasteiger partial charge is 0.317 e. The second kappa shape index (κ2) is 6.12. The number of nitrogens with zero attached hydrogens (tertiary/aromatic N) is 1. The average molecular weight is 265 g/mol. The third-order valence-electron chi connectivity index (χ3n) is 4.75. The molecule has 1 atom stereocenters. The minimum absolute atomic E-state index is 0.187. The van der Waals surface area contributed by atoms with Gasteiger partial charge in [0.15, 0.2) is 0 Å². The van der Waals surface area contributed by atoms with Crippen molar-refractivity contribution >= 4 is 6.03 Å². The summed E-state index contributed by atoms with van der Waals surface area (Å²) in [6.45, 7) is 2.98. The van der Waals surface area contributed by atoms with Gasteiger partial charge in [0.2, 0.25) is 0 Å². The number of urea groups is 1. The first kappa shape index (κ1) is 13.2. The Morgan fingerprint density at radius 2 is 1.84 bits per heavy atom. The van der Waals surface area contributed by atoms with E-state index >= 15 is 0 Å². The van der Waals surface area contributed by atoms with Gasteiger partial charge >= 0.3 is 6.03 Å². The van der Waals surface area contributed by atoms with Crippen molar-refractivity contribution in [2.24, 2.45) is 5.92 Å². The SMILES string of the molecule is O=C(NC1CCCC1)N(CC1CC1)CC1CCCN1. The summed E-state index contributed by atoms with van der Waals surface area (Å²) in [4.78, 5) is 14.5. The number of rotatable bonds is 5. The Balaban J connectivity index is 1.51. The van der Waals surface area contributed by atoms with Gasteiger partial charge in [0.25, 0.3) is 0 Å². The molecule has 2 saturated carbocycles. The van der Waals surface area contributed by atoms with Crippen LogP contribution in [0.5, 0.6) is 0 Å². The highest BCUT2D eigenvalue weighted by Gasteiger charge is 2.30. The summed E-state index contributed by atoms with van der Waals surface area (Å²) >= 11 is 0. The van der Waals surface area contributed by atoms with Gasteiger partial charge in [0, 0.05) is 25.2 Å². The van der Waals surface area contributed by atoms with Gasteiger partial charge in [0.05, 0.1) is 0 Å². The number of carbonyl (C=O) groups is 1. The zero-order valence-electron chi connectivity index (χ0n) is 11.9. The summed E-state index contributed by atoms with van der Waals surface area (Å²) in [5.41, 5.74) is 0. The molecule has 4 heteroatoms. The van der Waals surface area contributed by atoms with E-state index in [1.165, 1.54) is 51.4 Å². The molecule has 108 valence electrons. The summed E-state index contributed by atoms with van der Waals surface area (Å²) in [6, 6.07) is 1.14. The molecular formula is C15H27N3O. The largest absolute Gasteiger partial charge is 0.335 e. The van der Waals surface area contributed by atoms with Gasteiger partial charge in [-0.25, -0.2) is 4.79 Å². The molecule has 0 aromatic heterocycles. The van der Waals surface area contributed by atoms with Crippen molar-refractivity contribution in [3.8, 4) is 0 Å². The molecule has 2 amide bonds. The summed E-state index contributed by atoms with van der Waals surface area (Å²) in [5, 5.41) is 6.75. The van der Waals surface area contributed by atoms with Gasteiger partial charge in [-0.05, 0) is 51.0 Å². The third kappa shape index (κ3) is 3.85. The van der Waals surface area contributed by atoms with Gasteiger partial charge in [-0.15, -0.1) is 0 Å². The summed E-state index contributed by atoms with van der Waals surface area (Å²) in [7, 11) is 0. The van der Waals surface area contributed by atoms with Crippen molar-refractivity contribution < 1.29 is 4.79 Å². The quantitative estimate of drug-likeness (QED) is 0.799. The fourth-order valence-corrected chi connectivity index (χ4v) is 3.37. The van der Waals surface area contributed by atoms with Crippen molar-refractivity contribution in [2.45, 2.75) is 63.5 Å². The maximum absolute atomic E-state index is 12.4. The molecular weight excluding hydrogens is 238 g/mol. The summed E-state index contributed by atoms with van der Waals surface area (Å²) < 4.78 is 0. The van der Waals surface area contributed by atoms with E-state index in [0.29, 0.717) is 12.1 Å². The maximum atomic E-state index is 12.4. The molecule has 1 heterocycles. The molecule has 19 heavy (non-hydrogen) atoms. The highest BCUT2D eigenvalue weighted by molar-refractivity contribution is 5.74. The van der Waals surface area contributed by atoms with Crippen molar-refractivity contribution in [1.82, 2.24) is 15.5 Å². The molecule has 3 fully saturated rings. The van der Waals surface area contributed by atoms with E-state index in [1.54, 1.807) is 0 Å². The van der Waals surface area contributed by atoms with Crippen LogP contribution in [0.1, 0.15) is 51.4 Å². The first-order chi connectivity index (χ1) is 9.31. The van der Waals surface area contributed by atoms with Crippen LogP contribution < -0.4 is 10.6 Å². The van der Waals surface area contributed by atoms with E-state index in [2.05, 4.69) is 15.5 Å². The van der Waals surface area contributed by atoms with E-state index in [0.717, 1.165) is 25.6 Å². The monoisotopic (exact) mass is 265 g/mol. The van der Waals surface area contributed by atoms with Gasteiger partial charge in [-0.3, -0.25) is 0 Å². The van der Waals surface area contributed by atoms with E-state index in [9.17, 15) is 4.79 Å². The lowest BCUT2D eigenvalue weighted by molar-refractivity contribution is 0.186. The van der Waals surface area contributed by atoms with E-state index < -0.39 is 0 Å². The second-order valence-corrected chi connectivity index (χ2v) is 6.57. The van der Waals surface area contributed by atoms with Crippen molar-refractivity contribution in [2.75, 3.05) is 19.6 Å². The molecule has 0 spiro atoms. The number of amides is 2. The third-order valence-corrected chi connectivity index (χ3v) is 4.75. The minimum Gasteiger partial charge on any atom is -0.335 e. The van der Waals surface area contributed by atoms with Crippen molar-refractivity contribution in [1.29, 1.82) is 0 Å². The Bertz CT molecular complexity index is 305. The zero-order valence-corrected chi connectivity index (χ0v) is 11.9. The summed E-state index contributed by atoms with van der Waals surface area (Å²) in [6.07, 6.45) is 9.99. The molecule has 2 N–H and O–H groups in total. The molecule has 1 aliphatic heterocycles. The zero-order chi connectivity index (χ0) is 13.1. The predicted octanol–water partition coefficient (Wildman–Crippen LogP) is 2.10. The standard InChI is InChI=1S/C15H27N3O/c19-15(17-13-4-1-2-5-13)18(10-12-7-8-12)11-14-6-3-9-16-14/h12-14,16H,1-11H2,(H,17,19).